The summed E-state index contributed by atoms with van der Waals surface area (Å²) in [5.41, 5.74) is 0.468. The van der Waals surface area contributed by atoms with E-state index in [2.05, 4.69) is 25.7 Å². The van der Waals surface area contributed by atoms with Gasteiger partial charge in [0.1, 0.15) is 6.54 Å². The lowest BCUT2D eigenvalue weighted by molar-refractivity contribution is -0.116. The first-order valence-corrected chi connectivity index (χ1v) is 6.73. The van der Waals surface area contributed by atoms with Crippen LogP contribution in [0.1, 0.15) is 0 Å². The third-order valence-electron chi connectivity index (χ3n) is 2.41. The molecule has 116 valence electrons. The number of halogens is 2. The van der Waals surface area contributed by atoms with Crippen molar-refractivity contribution < 1.29 is 14.3 Å². The molecular formula is C12H11Cl2N5O3. The number of hydrogen-bond donors (Lipinski definition) is 2. The van der Waals surface area contributed by atoms with Gasteiger partial charge in [0.2, 0.25) is 5.91 Å². The van der Waals surface area contributed by atoms with Gasteiger partial charge >= 0.3 is 6.09 Å². The van der Waals surface area contributed by atoms with Gasteiger partial charge in [-0.3, -0.25) is 10.1 Å². The number of nitrogens with zero attached hydrogens (tertiary/aromatic N) is 3. The monoisotopic (exact) mass is 343 g/mol. The summed E-state index contributed by atoms with van der Waals surface area (Å²) in [5.74, 6) is -0.182. The lowest BCUT2D eigenvalue weighted by atomic mass is 10.3. The topological polar surface area (TPSA) is 98.1 Å². The van der Waals surface area contributed by atoms with Crippen LogP contribution >= 0.6 is 23.2 Å². The van der Waals surface area contributed by atoms with Crippen LogP contribution in [0.5, 0.6) is 0 Å². The minimum Gasteiger partial charge on any atom is -0.453 e. The van der Waals surface area contributed by atoms with Crippen molar-refractivity contribution in [3.63, 3.8) is 0 Å². The Hall–Kier alpha value is -2.32. The van der Waals surface area contributed by atoms with Gasteiger partial charge in [0.25, 0.3) is 0 Å². The maximum Gasteiger partial charge on any atom is 0.412 e. The van der Waals surface area contributed by atoms with E-state index in [-0.39, 0.29) is 18.3 Å². The Kier molecular flexibility index (Phi) is 5.18. The molecule has 0 bridgehead atoms. The van der Waals surface area contributed by atoms with Gasteiger partial charge in [-0.25, -0.2) is 9.48 Å². The predicted octanol–water partition coefficient (Wildman–Crippen LogP) is 2.40. The Morgan fingerprint density at radius 1 is 1.23 bits per heavy atom. The van der Waals surface area contributed by atoms with Crippen molar-refractivity contribution in [3.8, 4) is 0 Å². The molecule has 0 aliphatic heterocycles. The lowest BCUT2D eigenvalue weighted by Gasteiger charge is -2.06. The molecule has 22 heavy (non-hydrogen) atoms. The first-order valence-electron chi connectivity index (χ1n) is 5.97. The van der Waals surface area contributed by atoms with Gasteiger partial charge in [0, 0.05) is 15.7 Å². The van der Waals surface area contributed by atoms with Gasteiger partial charge < -0.3 is 10.1 Å². The lowest BCUT2D eigenvalue weighted by Crippen LogP contribution is -2.19. The Bertz CT molecular complexity index is 684. The van der Waals surface area contributed by atoms with Crippen LogP contribution < -0.4 is 10.6 Å². The number of carbonyl (C=O) groups is 2. The van der Waals surface area contributed by atoms with Crippen LogP contribution in [0.15, 0.2) is 24.4 Å². The summed E-state index contributed by atoms with van der Waals surface area (Å²) in [6.07, 6.45) is 0.714. The highest BCUT2D eigenvalue weighted by atomic mass is 35.5. The van der Waals surface area contributed by atoms with E-state index >= 15 is 0 Å². The summed E-state index contributed by atoms with van der Waals surface area (Å²) < 4.78 is 5.67. The van der Waals surface area contributed by atoms with Crippen molar-refractivity contribution in [1.82, 2.24) is 15.0 Å². The number of anilines is 2. The fourth-order valence-corrected chi connectivity index (χ4v) is 2.09. The molecule has 0 spiro atoms. The second kappa shape index (κ2) is 7.10. The highest BCUT2D eigenvalue weighted by Gasteiger charge is 2.09. The van der Waals surface area contributed by atoms with Gasteiger partial charge in [-0.15, -0.1) is 5.10 Å². The molecule has 10 heteroatoms. The zero-order valence-corrected chi connectivity index (χ0v) is 12.9. The van der Waals surface area contributed by atoms with Crippen molar-refractivity contribution >= 4 is 46.7 Å². The molecule has 2 amide bonds. The molecule has 8 nitrogen and oxygen atoms in total. The molecule has 0 radical (unpaired) electrons. The molecule has 1 aromatic heterocycles. The third-order valence-corrected chi connectivity index (χ3v) is 2.84. The summed E-state index contributed by atoms with van der Waals surface area (Å²) >= 11 is 11.7. The second-order valence-corrected chi connectivity index (χ2v) is 5.00. The molecule has 1 aromatic carbocycles. The molecule has 0 fully saturated rings. The van der Waals surface area contributed by atoms with Crippen LogP contribution in [0.25, 0.3) is 0 Å². The summed E-state index contributed by atoms with van der Waals surface area (Å²) in [6.45, 7) is -0.0972. The average molecular weight is 344 g/mol. The SMILES string of the molecule is COC(=O)Nc1cn(CC(=O)Nc2cc(Cl)cc(Cl)c2)nn1. The normalized spacial score (nSPS) is 10.1. The van der Waals surface area contributed by atoms with E-state index in [1.165, 1.54) is 18.0 Å². The Morgan fingerprint density at radius 2 is 1.91 bits per heavy atom. The summed E-state index contributed by atoms with van der Waals surface area (Å²) in [4.78, 5) is 22.9. The Labute approximate surface area is 135 Å². The minimum absolute atomic E-state index is 0.0972. The molecule has 0 atom stereocenters. The molecule has 0 unspecified atom stereocenters. The maximum absolute atomic E-state index is 11.9. The van der Waals surface area contributed by atoms with E-state index in [1.54, 1.807) is 18.2 Å². The molecule has 0 saturated heterocycles. The predicted molar refractivity (Wildman–Crippen MR) is 81.1 cm³/mol. The standard InChI is InChI=1S/C12H11Cl2N5O3/c1-22-12(21)16-10-5-19(18-17-10)6-11(20)15-9-3-7(13)2-8(14)4-9/h2-5H,6H2,1H3,(H,15,20)(H,16,21). The molecular weight excluding hydrogens is 333 g/mol. The molecule has 0 saturated carbocycles. The Morgan fingerprint density at radius 3 is 2.55 bits per heavy atom. The number of ether oxygens (including phenoxy) is 1. The van der Waals surface area contributed by atoms with Gasteiger partial charge in [0.05, 0.1) is 13.3 Å². The molecule has 0 aliphatic rings. The summed E-state index contributed by atoms with van der Waals surface area (Å²) in [5, 5.41) is 13.1. The van der Waals surface area contributed by atoms with E-state index in [9.17, 15) is 9.59 Å². The van der Waals surface area contributed by atoms with Crippen LogP contribution in [0.2, 0.25) is 10.0 Å². The van der Waals surface area contributed by atoms with Crippen molar-refractivity contribution in [2.24, 2.45) is 0 Å². The van der Waals surface area contributed by atoms with Crippen LogP contribution in [0.4, 0.5) is 16.3 Å². The van der Waals surface area contributed by atoms with Crippen LogP contribution in [-0.2, 0) is 16.1 Å². The number of nitrogens with one attached hydrogen (secondary N) is 2. The van der Waals surface area contributed by atoms with Crippen molar-refractivity contribution in [2.75, 3.05) is 17.7 Å². The van der Waals surface area contributed by atoms with Gasteiger partial charge in [-0.1, -0.05) is 28.4 Å². The van der Waals surface area contributed by atoms with Crippen LogP contribution in [0, 0.1) is 0 Å². The zero-order chi connectivity index (χ0) is 16.1. The summed E-state index contributed by atoms with van der Waals surface area (Å²) in [6, 6.07) is 4.69. The molecule has 0 aliphatic carbocycles. The van der Waals surface area contributed by atoms with E-state index in [0.717, 1.165) is 0 Å². The van der Waals surface area contributed by atoms with E-state index in [4.69, 9.17) is 23.2 Å². The van der Waals surface area contributed by atoms with Crippen LogP contribution in [0.3, 0.4) is 0 Å². The minimum atomic E-state index is -0.676. The number of hydrogen-bond acceptors (Lipinski definition) is 5. The quantitative estimate of drug-likeness (QED) is 0.888. The van der Waals surface area contributed by atoms with Gasteiger partial charge in [-0.05, 0) is 18.2 Å². The second-order valence-electron chi connectivity index (χ2n) is 4.12. The van der Waals surface area contributed by atoms with E-state index in [0.29, 0.717) is 15.7 Å². The van der Waals surface area contributed by atoms with Crippen molar-refractivity contribution in [2.45, 2.75) is 6.54 Å². The van der Waals surface area contributed by atoms with Crippen LogP contribution in [-0.4, -0.2) is 34.1 Å². The third kappa shape index (κ3) is 4.61. The smallest absolute Gasteiger partial charge is 0.412 e. The van der Waals surface area contributed by atoms with Gasteiger partial charge in [-0.2, -0.15) is 0 Å². The van der Waals surface area contributed by atoms with Gasteiger partial charge in [0.15, 0.2) is 5.82 Å². The first-order chi connectivity index (χ1) is 10.5. The number of benzene rings is 1. The molecule has 2 rings (SSSR count). The highest BCUT2D eigenvalue weighted by molar-refractivity contribution is 6.35. The number of methoxy groups -OCH3 is 1. The van der Waals surface area contributed by atoms with E-state index in [1.807, 2.05) is 0 Å². The fraction of sp³-hybridized carbons (Fsp3) is 0.167. The van der Waals surface area contributed by atoms with Crippen molar-refractivity contribution in [3.05, 3.63) is 34.4 Å². The van der Waals surface area contributed by atoms with E-state index < -0.39 is 6.09 Å². The Balaban J connectivity index is 1.96. The van der Waals surface area contributed by atoms with Crippen molar-refractivity contribution in [1.29, 1.82) is 0 Å². The number of amides is 2. The number of rotatable bonds is 4. The molecule has 2 aromatic rings. The largest absolute Gasteiger partial charge is 0.453 e. The number of aromatic nitrogens is 3. The maximum atomic E-state index is 11.9. The summed E-state index contributed by atoms with van der Waals surface area (Å²) in [7, 11) is 1.23. The molecule has 2 N–H and O–H groups in total. The zero-order valence-electron chi connectivity index (χ0n) is 11.3. The first kappa shape index (κ1) is 16.1. The number of carbonyl (C=O) groups excluding carboxylic acids is 2. The average Bonchev–Trinajstić information content (AvgIpc) is 2.84. The highest BCUT2D eigenvalue weighted by Crippen LogP contribution is 2.22. The fourth-order valence-electron chi connectivity index (χ4n) is 1.56. The molecule has 1 heterocycles.